The van der Waals surface area contributed by atoms with E-state index in [-0.39, 0.29) is 102 Å². The summed E-state index contributed by atoms with van der Waals surface area (Å²) in [5.74, 6) is 7.63. The molecule has 0 aromatic carbocycles. The highest BCUT2D eigenvalue weighted by atomic mass is 16.8. The summed E-state index contributed by atoms with van der Waals surface area (Å²) in [5, 5.41) is 32.6. The third kappa shape index (κ3) is 13.0. The van der Waals surface area contributed by atoms with Gasteiger partial charge in [-0.1, -0.05) is 80.7 Å². The van der Waals surface area contributed by atoms with E-state index in [0.29, 0.717) is 159 Å². The molecule has 27 rings (SSSR count). The first kappa shape index (κ1) is 92.1. The number of carbonyl (C=O) groups is 5. The third-order valence-electron chi connectivity index (χ3n) is 46.1. The predicted molar refractivity (Wildman–Crippen MR) is 489 cm³/mol. The summed E-state index contributed by atoms with van der Waals surface area (Å²) in [7, 11) is 0. The zero-order chi connectivity index (χ0) is 91.1. The van der Waals surface area contributed by atoms with Gasteiger partial charge in [-0.3, -0.25) is 19.2 Å². The number of aliphatic hydroxyl groups is 3. The van der Waals surface area contributed by atoms with E-state index in [0.717, 1.165) is 264 Å². The number of Topliss-reactive ketones (excluding diaryl/α,β-unsaturated/α-hetero) is 2. The average molecular weight is 1830 g/mol. The van der Waals surface area contributed by atoms with Gasteiger partial charge in [-0.25, -0.2) is 0 Å². The Bertz CT molecular complexity index is 4650. The van der Waals surface area contributed by atoms with Crippen LogP contribution in [0.1, 0.15) is 306 Å². The van der Waals surface area contributed by atoms with Crippen molar-refractivity contribution >= 4 is 29.4 Å². The van der Waals surface area contributed by atoms with Crippen LogP contribution < -0.4 is 0 Å². The lowest BCUT2D eigenvalue weighted by Gasteiger charge is -2.62. The highest BCUT2D eigenvalue weighted by Crippen LogP contribution is 2.76. The second kappa shape index (κ2) is 33.0. The molecule has 7 saturated heterocycles. The van der Waals surface area contributed by atoms with Crippen LogP contribution >= 0.6 is 0 Å². The smallest absolute Gasteiger partial charge is 0.174 e. The van der Waals surface area contributed by atoms with Crippen LogP contribution in [0.4, 0.5) is 0 Å². The van der Waals surface area contributed by atoms with E-state index in [1.807, 2.05) is 26.0 Å². The zero-order valence-corrected chi connectivity index (χ0v) is 81.1. The number of fused-ring (bicyclic) bond motifs is 27. The minimum absolute atomic E-state index is 0.0678. The Hall–Kier alpha value is -3.59. The number of allylic oxidation sites excluding steroid dienone is 3. The minimum atomic E-state index is -0.461. The molecule has 7 aliphatic heterocycles. The first-order valence-corrected chi connectivity index (χ1v) is 53.8. The molecule has 0 aromatic heterocycles. The molecule has 0 amide bonds. The zero-order valence-electron chi connectivity index (χ0n) is 81.1. The Morgan fingerprint density at radius 1 is 0.379 bits per heavy atom. The van der Waals surface area contributed by atoms with Crippen molar-refractivity contribution in [1.29, 1.82) is 0 Å². The van der Waals surface area contributed by atoms with E-state index < -0.39 is 23.5 Å². The standard InChI is InChI=1S/C24H36O5.C23H34O5.C23H32O5.C21H28O3.C20H28O3/c1-16(25)23-10-9-22(26-11-12-27-22)15-17(23)3-4-18-19-6-8-24(28-13-14-29-24)21(19,2)7-5-20(18)23;2*1-20-6-4-19-17(18(20)5-7-23(20)27-12-13-28-23)3-2-16-14-22(25-10-11-26-22)9-8-21(16,19)15-24;1-12-21-10-13(11-24-12)18(22)9-14(21)3-4-15-16-5-6-19(23)20(16,2)8-7-17(15)21;1-12(21)20-10-7-14(22)11-13(20)3-4-15-16-5-6-18(23)19(16,2)9-8-17(15)20/h3,16,18-20,25H,4-15H2,1-2H3;2,17-19,24H,3-15H2,1H3;2,15,17-19H,3-14H2,1H3;9,12-13,15-17H,3-8,10-11H2,1-2H3;11-12,15-17,21H,3-10H2,1-2H3. The molecule has 2 bridgehead atoms. The van der Waals surface area contributed by atoms with Gasteiger partial charge in [0.05, 0.1) is 116 Å². The van der Waals surface area contributed by atoms with Crippen molar-refractivity contribution in [2.45, 2.75) is 359 Å². The van der Waals surface area contributed by atoms with Gasteiger partial charge in [0, 0.05) is 132 Å². The van der Waals surface area contributed by atoms with Crippen LogP contribution in [0.3, 0.4) is 0 Å². The molecule has 728 valence electrons. The van der Waals surface area contributed by atoms with Crippen LogP contribution in [0.2, 0.25) is 0 Å². The van der Waals surface area contributed by atoms with Crippen molar-refractivity contribution in [1.82, 2.24) is 0 Å². The maximum absolute atomic E-state index is 12.6. The lowest BCUT2D eigenvalue weighted by atomic mass is 9.44. The number of ketones is 4. The maximum atomic E-state index is 12.6. The summed E-state index contributed by atoms with van der Waals surface area (Å²) >= 11 is 0. The molecule has 7 spiro atoms. The van der Waals surface area contributed by atoms with E-state index in [9.17, 15) is 39.3 Å². The van der Waals surface area contributed by atoms with E-state index in [1.165, 1.54) is 53.4 Å². The summed E-state index contributed by atoms with van der Waals surface area (Å²) in [6.07, 6.45) is 50.9. The summed E-state index contributed by atoms with van der Waals surface area (Å²) in [6, 6.07) is 0. The second-order valence-corrected chi connectivity index (χ2v) is 49.4. The molecule has 21 heteroatoms. The molecule has 7 heterocycles. The van der Waals surface area contributed by atoms with Crippen molar-refractivity contribution in [3.05, 3.63) is 58.2 Å². The molecule has 21 nitrogen and oxygen atoms in total. The average Bonchev–Trinajstić information content (AvgIpc) is 1.50. The largest absolute Gasteiger partial charge is 0.395 e. The number of aldehydes is 1. The summed E-state index contributed by atoms with van der Waals surface area (Å²) < 4.78 is 79.8. The topological polar surface area (TPSA) is 266 Å². The lowest BCUT2D eigenvalue weighted by Crippen LogP contribution is -2.59. The van der Waals surface area contributed by atoms with Crippen molar-refractivity contribution in [2.24, 2.45) is 149 Å². The highest BCUT2D eigenvalue weighted by molar-refractivity contribution is 5.94. The molecular weight excluding hydrogens is 1670 g/mol. The fourth-order valence-corrected chi connectivity index (χ4v) is 39.5. The normalized spacial score (nSPS) is 49.0. The monoisotopic (exact) mass is 1830 g/mol. The van der Waals surface area contributed by atoms with Gasteiger partial charge in [0.2, 0.25) is 0 Å². The minimum Gasteiger partial charge on any atom is -0.395 e. The SMILES string of the molecule is CC(O)C12CCC(=O)C=C1CCC1C3CCC(=O)C3(C)CCC12.CC(O)C12CCC3(CC1=CCC1C2CCC2(C)C1CCC21OCCO1)OCCO3.CC12CCC3C(CC=C4CC5(CCC43C=O)OCCO5)C1CCC21OCCO1.CC12CCC3C(CC=C4CC5(CCC43CO)OCCO5)C1CCC21OCCO1.CC1OCC2CC13C(=CC2=O)CCC1C2CCC(=O)C2(C)CCC13. The first-order valence-electron chi connectivity index (χ1n) is 53.8. The van der Waals surface area contributed by atoms with E-state index in [2.05, 4.69) is 59.8 Å². The Kier molecular flexibility index (Phi) is 23.0. The van der Waals surface area contributed by atoms with Crippen LogP contribution in [0.25, 0.3) is 0 Å². The lowest BCUT2D eigenvalue weighted by molar-refractivity contribution is -0.247. The van der Waals surface area contributed by atoms with E-state index in [1.54, 1.807) is 0 Å². The Morgan fingerprint density at radius 2 is 0.788 bits per heavy atom. The molecule has 0 radical (unpaired) electrons. The molecule has 0 aromatic rings. The van der Waals surface area contributed by atoms with Crippen molar-refractivity contribution < 1.29 is 101 Å². The second-order valence-electron chi connectivity index (χ2n) is 49.4. The number of hydrogen-bond donors (Lipinski definition) is 3. The molecule has 20 aliphatic carbocycles. The number of aliphatic hydroxyl groups excluding tert-OH is 3. The van der Waals surface area contributed by atoms with Crippen LogP contribution in [-0.2, 0) is 85.6 Å². The van der Waals surface area contributed by atoms with Crippen LogP contribution in [0, 0.1) is 149 Å². The maximum Gasteiger partial charge on any atom is 0.174 e. The van der Waals surface area contributed by atoms with Gasteiger partial charge in [0.15, 0.2) is 46.3 Å². The first-order chi connectivity index (χ1) is 63.4. The van der Waals surface area contributed by atoms with Crippen molar-refractivity contribution in [3.8, 4) is 0 Å². The van der Waals surface area contributed by atoms with Gasteiger partial charge in [0.25, 0.3) is 0 Å². The summed E-state index contributed by atoms with van der Waals surface area (Å²) in [6.45, 7) is 27.3. The van der Waals surface area contributed by atoms with Crippen molar-refractivity contribution in [2.75, 3.05) is 92.5 Å². The number of ether oxygens (including phenoxy) is 13. The van der Waals surface area contributed by atoms with Crippen LogP contribution in [0.5, 0.6) is 0 Å². The van der Waals surface area contributed by atoms with Gasteiger partial charge < -0.3 is 81.7 Å². The summed E-state index contributed by atoms with van der Waals surface area (Å²) in [5.41, 5.74) is 6.18. The molecule has 29 atom stereocenters. The fraction of sp³-hybridized carbons (Fsp3) is 0.865. The predicted octanol–water partition coefficient (Wildman–Crippen LogP) is 18.0. The number of hydrogen-bond acceptors (Lipinski definition) is 21. The molecule has 132 heavy (non-hydrogen) atoms. The molecule has 27 aliphatic rings. The van der Waals surface area contributed by atoms with Gasteiger partial charge in [-0.15, -0.1) is 0 Å². The van der Waals surface area contributed by atoms with Crippen LogP contribution in [-0.4, -0.2) is 190 Å². The fourth-order valence-electron chi connectivity index (χ4n) is 39.5. The highest BCUT2D eigenvalue weighted by Gasteiger charge is 2.74. The Balaban J connectivity index is 0.0000000938. The Morgan fingerprint density at radius 3 is 1.31 bits per heavy atom. The van der Waals surface area contributed by atoms with E-state index >= 15 is 0 Å². The molecular formula is C111H158O21. The van der Waals surface area contributed by atoms with Crippen LogP contribution in [0.15, 0.2) is 58.2 Å². The molecule has 15 saturated carbocycles. The van der Waals surface area contributed by atoms with E-state index in [4.69, 9.17) is 61.6 Å². The quantitative estimate of drug-likeness (QED) is 0.174. The van der Waals surface area contributed by atoms with Gasteiger partial charge in [-0.2, -0.15) is 0 Å². The Labute approximate surface area is 784 Å². The van der Waals surface area contributed by atoms with Gasteiger partial charge in [0.1, 0.15) is 17.9 Å². The van der Waals surface area contributed by atoms with Gasteiger partial charge >= 0.3 is 0 Å². The number of rotatable bonds is 4. The molecule has 3 N–H and O–H groups in total. The summed E-state index contributed by atoms with van der Waals surface area (Å²) in [4.78, 5) is 61.9. The molecule has 29 unspecified atom stereocenters. The number of carbonyl (C=O) groups excluding carboxylic acids is 5. The van der Waals surface area contributed by atoms with Crippen molar-refractivity contribution in [3.63, 3.8) is 0 Å². The third-order valence-corrected chi connectivity index (χ3v) is 46.1. The molecule has 22 fully saturated rings. The van der Waals surface area contributed by atoms with Gasteiger partial charge in [-0.05, 0) is 295 Å².